The van der Waals surface area contributed by atoms with Crippen molar-refractivity contribution < 1.29 is 4.79 Å². The summed E-state index contributed by atoms with van der Waals surface area (Å²) in [6.07, 6.45) is 5.62. The molecule has 0 radical (unpaired) electrons. The van der Waals surface area contributed by atoms with Crippen LogP contribution in [-0.2, 0) is 6.54 Å². The van der Waals surface area contributed by atoms with Crippen LogP contribution in [0.2, 0.25) is 0 Å². The fourth-order valence-corrected chi connectivity index (χ4v) is 2.97. The van der Waals surface area contributed by atoms with Gasteiger partial charge < -0.3 is 5.32 Å². The van der Waals surface area contributed by atoms with Crippen LogP contribution in [0.5, 0.6) is 0 Å². The highest BCUT2D eigenvalue weighted by atomic mass is 16.2. The van der Waals surface area contributed by atoms with Crippen molar-refractivity contribution in [1.29, 1.82) is 0 Å². The Hall–Kier alpha value is -2.96. The Morgan fingerprint density at radius 3 is 2.96 bits per heavy atom. The first kappa shape index (κ1) is 15.6. The zero-order valence-corrected chi connectivity index (χ0v) is 14.0. The van der Waals surface area contributed by atoms with Crippen LogP contribution in [0.15, 0.2) is 41.6 Å². The maximum Gasteiger partial charge on any atom is 0.270 e. The molecular formula is C18H19N5O2. The van der Waals surface area contributed by atoms with Gasteiger partial charge in [0.1, 0.15) is 11.3 Å². The van der Waals surface area contributed by atoms with Crippen LogP contribution in [0, 0.1) is 6.92 Å². The molecule has 0 bridgehead atoms. The molecule has 0 aliphatic heterocycles. The lowest BCUT2D eigenvalue weighted by Crippen LogP contribution is -2.31. The van der Waals surface area contributed by atoms with Crippen molar-refractivity contribution in [3.05, 3.63) is 64.2 Å². The molecule has 7 nitrogen and oxygen atoms in total. The van der Waals surface area contributed by atoms with E-state index in [0.717, 1.165) is 24.2 Å². The van der Waals surface area contributed by atoms with Gasteiger partial charge in [0.05, 0.1) is 17.7 Å². The van der Waals surface area contributed by atoms with Crippen molar-refractivity contribution in [2.75, 3.05) is 6.54 Å². The van der Waals surface area contributed by atoms with Crippen LogP contribution >= 0.6 is 0 Å². The Kier molecular flexibility index (Phi) is 3.83. The average molecular weight is 337 g/mol. The minimum Gasteiger partial charge on any atom is -0.349 e. The molecular weight excluding hydrogens is 318 g/mol. The Balaban J connectivity index is 1.43. The minimum absolute atomic E-state index is 0.0721. The number of aryl methyl sites for hydroxylation is 1. The van der Waals surface area contributed by atoms with E-state index in [1.807, 2.05) is 31.3 Å². The van der Waals surface area contributed by atoms with E-state index in [9.17, 15) is 9.59 Å². The number of rotatable bonds is 5. The third-order valence-corrected chi connectivity index (χ3v) is 4.45. The first-order chi connectivity index (χ1) is 12.1. The summed E-state index contributed by atoms with van der Waals surface area (Å²) < 4.78 is 3.29. The second kappa shape index (κ2) is 6.16. The Morgan fingerprint density at radius 1 is 1.36 bits per heavy atom. The first-order valence-electron chi connectivity index (χ1n) is 8.42. The zero-order valence-electron chi connectivity index (χ0n) is 14.0. The molecule has 1 fully saturated rings. The first-order valence-corrected chi connectivity index (χ1v) is 8.42. The second-order valence-electron chi connectivity index (χ2n) is 6.35. The lowest BCUT2D eigenvalue weighted by atomic mass is 10.3. The molecule has 25 heavy (non-hydrogen) atoms. The number of imidazole rings is 1. The molecule has 3 heterocycles. The topological polar surface area (TPSA) is 81.3 Å². The number of pyridine rings is 1. The molecule has 0 spiro atoms. The Morgan fingerprint density at radius 2 is 2.20 bits per heavy atom. The van der Waals surface area contributed by atoms with Gasteiger partial charge in [0.2, 0.25) is 0 Å². The van der Waals surface area contributed by atoms with Gasteiger partial charge >= 0.3 is 0 Å². The lowest BCUT2D eigenvalue weighted by Gasteiger charge is -2.08. The number of nitrogens with zero attached hydrogens (tertiary/aromatic N) is 4. The zero-order chi connectivity index (χ0) is 17.4. The molecule has 1 amide bonds. The van der Waals surface area contributed by atoms with Crippen LogP contribution in [-0.4, -0.2) is 31.4 Å². The molecule has 1 saturated carbocycles. The number of hydrogen-bond donors (Lipinski definition) is 1. The summed E-state index contributed by atoms with van der Waals surface area (Å²) in [5.74, 6) is 0.256. The number of carbonyl (C=O) groups excluding carboxylic acids is 1. The maximum absolute atomic E-state index is 12.5. The van der Waals surface area contributed by atoms with Gasteiger partial charge in [-0.05, 0) is 31.9 Å². The van der Waals surface area contributed by atoms with Gasteiger partial charge in [0.15, 0.2) is 0 Å². The molecule has 1 aliphatic carbocycles. The summed E-state index contributed by atoms with van der Waals surface area (Å²) in [6, 6.07) is 7.20. The molecule has 3 aromatic heterocycles. The van der Waals surface area contributed by atoms with E-state index in [-0.39, 0.29) is 11.5 Å². The summed E-state index contributed by atoms with van der Waals surface area (Å²) in [5.41, 5.74) is 2.74. The SMILES string of the molecule is Cc1nc2ccccn2c1C(=O)NCCn1cnc(C2CC2)cc1=O. The van der Waals surface area contributed by atoms with Crippen LogP contribution in [0.4, 0.5) is 0 Å². The molecule has 4 rings (SSSR count). The fraction of sp³-hybridized carbons (Fsp3) is 0.333. The van der Waals surface area contributed by atoms with E-state index >= 15 is 0 Å². The Bertz CT molecular complexity index is 1000. The number of hydrogen-bond acceptors (Lipinski definition) is 4. The highest BCUT2D eigenvalue weighted by Crippen LogP contribution is 2.38. The van der Waals surface area contributed by atoms with Crippen LogP contribution in [0.25, 0.3) is 5.65 Å². The van der Waals surface area contributed by atoms with Crippen LogP contribution in [0.1, 0.15) is 40.6 Å². The molecule has 0 unspecified atom stereocenters. The summed E-state index contributed by atoms with van der Waals surface area (Å²) in [7, 11) is 0. The third kappa shape index (κ3) is 3.05. The van der Waals surface area contributed by atoms with Crippen molar-refractivity contribution >= 4 is 11.6 Å². The normalized spacial score (nSPS) is 14.0. The smallest absolute Gasteiger partial charge is 0.270 e. The van der Waals surface area contributed by atoms with E-state index in [2.05, 4.69) is 15.3 Å². The van der Waals surface area contributed by atoms with Gasteiger partial charge in [-0.15, -0.1) is 0 Å². The summed E-state index contributed by atoms with van der Waals surface area (Å²) >= 11 is 0. The van der Waals surface area contributed by atoms with Gasteiger partial charge in [0, 0.05) is 31.3 Å². The van der Waals surface area contributed by atoms with Crippen molar-refractivity contribution in [2.24, 2.45) is 0 Å². The van der Waals surface area contributed by atoms with Gasteiger partial charge in [0.25, 0.3) is 11.5 Å². The minimum atomic E-state index is -0.202. The summed E-state index contributed by atoms with van der Waals surface area (Å²) in [5, 5.41) is 2.86. The number of fused-ring (bicyclic) bond motifs is 1. The Labute approximate surface area is 144 Å². The van der Waals surface area contributed by atoms with Gasteiger partial charge in [-0.1, -0.05) is 6.07 Å². The number of nitrogens with one attached hydrogen (secondary N) is 1. The lowest BCUT2D eigenvalue weighted by molar-refractivity contribution is 0.0945. The molecule has 3 aromatic rings. The largest absolute Gasteiger partial charge is 0.349 e. The quantitative estimate of drug-likeness (QED) is 0.765. The predicted octanol–water partition coefficient (Wildman–Crippen LogP) is 1.51. The van der Waals surface area contributed by atoms with Gasteiger partial charge in [-0.3, -0.25) is 18.6 Å². The van der Waals surface area contributed by atoms with Crippen molar-refractivity contribution in [3.8, 4) is 0 Å². The van der Waals surface area contributed by atoms with Crippen LogP contribution in [0.3, 0.4) is 0 Å². The number of amides is 1. The fourth-order valence-electron chi connectivity index (χ4n) is 2.97. The predicted molar refractivity (Wildman–Crippen MR) is 92.7 cm³/mol. The molecule has 0 saturated heterocycles. The van der Waals surface area contributed by atoms with E-state index in [4.69, 9.17) is 0 Å². The van der Waals surface area contributed by atoms with Crippen LogP contribution < -0.4 is 10.9 Å². The third-order valence-electron chi connectivity index (χ3n) is 4.45. The molecule has 128 valence electrons. The van der Waals surface area contributed by atoms with Crippen molar-refractivity contribution in [3.63, 3.8) is 0 Å². The van der Waals surface area contributed by atoms with Crippen molar-refractivity contribution in [2.45, 2.75) is 32.2 Å². The van der Waals surface area contributed by atoms with E-state index in [0.29, 0.717) is 30.4 Å². The molecule has 1 aliphatic rings. The maximum atomic E-state index is 12.5. The monoisotopic (exact) mass is 337 g/mol. The van der Waals surface area contributed by atoms with Gasteiger partial charge in [-0.25, -0.2) is 9.97 Å². The van der Waals surface area contributed by atoms with Gasteiger partial charge in [-0.2, -0.15) is 0 Å². The summed E-state index contributed by atoms with van der Waals surface area (Å²) in [4.78, 5) is 33.3. The van der Waals surface area contributed by atoms with E-state index in [1.165, 1.54) is 4.57 Å². The highest BCUT2D eigenvalue weighted by molar-refractivity contribution is 5.94. The average Bonchev–Trinajstić information content (AvgIpc) is 3.38. The van der Waals surface area contributed by atoms with E-state index < -0.39 is 0 Å². The standard InChI is InChI=1S/C18H19N5O2/c1-12-17(23-8-3-2-4-15(23)21-12)18(25)19-7-9-22-11-20-14(10-16(22)24)13-5-6-13/h2-4,8,10-11,13H,5-7,9H2,1H3,(H,19,25). The summed E-state index contributed by atoms with van der Waals surface area (Å²) in [6.45, 7) is 2.55. The molecule has 0 atom stereocenters. The molecule has 0 aromatic carbocycles. The highest BCUT2D eigenvalue weighted by Gasteiger charge is 2.25. The van der Waals surface area contributed by atoms with E-state index in [1.54, 1.807) is 16.8 Å². The van der Waals surface area contributed by atoms with Crippen molar-refractivity contribution in [1.82, 2.24) is 24.3 Å². The molecule has 1 N–H and O–H groups in total. The molecule has 7 heteroatoms. The second-order valence-corrected chi connectivity index (χ2v) is 6.35. The number of carbonyl (C=O) groups is 1. The number of aromatic nitrogens is 4.